The molecule has 0 fully saturated rings. The van der Waals surface area contributed by atoms with Crippen LogP contribution in [0.1, 0.15) is 17.5 Å². The number of aliphatic hydroxyl groups excluding tert-OH is 1. The van der Waals surface area contributed by atoms with Crippen LogP contribution in [0.15, 0.2) is 66.7 Å². The maximum absolute atomic E-state index is 12.6. The molecule has 0 bridgehead atoms. The summed E-state index contributed by atoms with van der Waals surface area (Å²) in [6.45, 7) is 0. The number of alkyl halides is 3. The fraction of sp³-hybridized carbons (Fsp3) is 0.208. The van der Waals surface area contributed by atoms with Crippen LogP contribution in [0.5, 0.6) is 5.75 Å². The summed E-state index contributed by atoms with van der Waals surface area (Å²) >= 11 is 0. The molecule has 3 aromatic rings. The van der Waals surface area contributed by atoms with Crippen molar-refractivity contribution in [3.05, 3.63) is 77.9 Å². The third-order valence-electron chi connectivity index (χ3n) is 5.25. The lowest BCUT2D eigenvalue weighted by atomic mass is 9.88. The van der Waals surface area contributed by atoms with Gasteiger partial charge in [-0.05, 0) is 65.4 Å². The number of aliphatic hydroxyl groups is 1. The Bertz CT molecular complexity index is 1110. The van der Waals surface area contributed by atoms with Crippen LogP contribution in [0.2, 0.25) is 0 Å². The van der Waals surface area contributed by atoms with Crippen molar-refractivity contribution >= 4 is 17.4 Å². The summed E-state index contributed by atoms with van der Waals surface area (Å²) in [5.41, 5.74) is 4.65. The molecule has 1 unspecified atom stereocenters. The zero-order chi connectivity index (χ0) is 22.7. The van der Waals surface area contributed by atoms with Gasteiger partial charge in [0.05, 0.1) is 6.10 Å². The second-order valence-corrected chi connectivity index (χ2v) is 7.57. The van der Waals surface area contributed by atoms with Crippen LogP contribution in [-0.2, 0) is 12.8 Å². The number of benzene rings is 3. The minimum absolute atomic E-state index is 0.300. The normalized spacial score (nSPS) is 15.6. The van der Waals surface area contributed by atoms with Crippen molar-refractivity contribution in [1.29, 1.82) is 0 Å². The van der Waals surface area contributed by atoms with Gasteiger partial charge >= 0.3 is 12.4 Å². The van der Waals surface area contributed by atoms with Crippen LogP contribution >= 0.6 is 0 Å². The van der Waals surface area contributed by atoms with Crippen LogP contribution in [0.4, 0.5) is 29.3 Å². The highest BCUT2D eigenvalue weighted by molar-refractivity contribution is 6.00. The molecule has 2 amide bonds. The lowest BCUT2D eigenvalue weighted by Gasteiger charge is -2.23. The molecular formula is C24H21F3N2O3. The SMILES string of the molecule is O=C(Nc1cccc(-c2ccc(OC(F)(F)F)cc2)c1)Nc1cccc2c1CC(O)CC2. The molecule has 1 aliphatic carbocycles. The molecule has 0 aromatic heterocycles. The van der Waals surface area contributed by atoms with E-state index in [2.05, 4.69) is 15.4 Å². The van der Waals surface area contributed by atoms with Crippen molar-refractivity contribution < 1.29 is 27.8 Å². The zero-order valence-corrected chi connectivity index (χ0v) is 16.9. The highest BCUT2D eigenvalue weighted by Crippen LogP contribution is 2.29. The molecule has 4 rings (SSSR count). The molecule has 0 saturated carbocycles. The fourth-order valence-corrected chi connectivity index (χ4v) is 3.80. The Hall–Kier alpha value is -3.52. The van der Waals surface area contributed by atoms with Crippen LogP contribution in [0, 0.1) is 0 Å². The van der Waals surface area contributed by atoms with Crippen molar-refractivity contribution in [2.24, 2.45) is 0 Å². The van der Waals surface area contributed by atoms with E-state index in [9.17, 15) is 23.1 Å². The first-order chi connectivity index (χ1) is 15.3. The number of halogens is 3. The predicted octanol–water partition coefficient (Wildman–Crippen LogP) is 5.75. The zero-order valence-electron chi connectivity index (χ0n) is 16.9. The van der Waals surface area contributed by atoms with E-state index < -0.39 is 18.5 Å². The summed E-state index contributed by atoms with van der Waals surface area (Å²) in [4.78, 5) is 12.6. The van der Waals surface area contributed by atoms with Gasteiger partial charge in [-0.15, -0.1) is 13.2 Å². The Morgan fingerprint density at radius 1 is 0.969 bits per heavy atom. The van der Waals surface area contributed by atoms with Crippen molar-refractivity contribution in [2.75, 3.05) is 10.6 Å². The molecule has 166 valence electrons. The second kappa shape index (κ2) is 8.92. The Kier molecular flexibility index (Phi) is 6.05. The fourth-order valence-electron chi connectivity index (χ4n) is 3.80. The summed E-state index contributed by atoms with van der Waals surface area (Å²) < 4.78 is 40.9. The molecular weight excluding hydrogens is 421 g/mol. The van der Waals surface area contributed by atoms with Crippen LogP contribution < -0.4 is 15.4 Å². The summed E-state index contributed by atoms with van der Waals surface area (Å²) in [6, 6.07) is 17.7. The molecule has 5 nitrogen and oxygen atoms in total. The van der Waals surface area contributed by atoms with Gasteiger partial charge < -0.3 is 20.5 Å². The van der Waals surface area contributed by atoms with Crippen molar-refractivity contribution in [3.8, 4) is 16.9 Å². The van der Waals surface area contributed by atoms with E-state index in [4.69, 9.17) is 0 Å². The van der Waals surface area contributed by atoms with Gasteiger partial charge in [-0.1, -0.05) is 36.4 Å². The number of anilines is 2. The van der Waals surface area contributed by atoms with Gasteiger partial charge in [0, 0.05) is 17.8 Å². The largest absolute Gasteiger partial charge is 0.573 e. The monoisotopic (exact) mass is 442 g/mol. The van der Waals surface area contributed by atoms with E-state index in [0.717, 1.165) is 23.1 Å². The minimum atomic E-state index is -4.74. The van der Waals surface area contributed by atoms with Gasteiger partial charge in [0.25, 0.3) is 0 Å². The molecule has 0 saturated heterocycles. The first-order valence-electron chi connectivity index (χ1n) is 10.1. The minimum Gasteiger partial charge on any atom is -0.406 e. The van der Waals surface area contributed by atoms with Gasteiger partial charge in [0.15, 0.2) is 0 Å². The molecule has 1 atom stereocenters. The molecule has 8 heteroatoms. The molecule has 3 aromatic carbocycles. The number of rotatable bonds is 4. The smallest absolute Gasteiger partial charge is 0.406 e. The van der Waals surface area contributed by atoms with Gasteiger partial charge in [0.2, 0.25) is 0 Å². The van der Waals surface area contributed by atoms with Gasteiger partial charge in [0.1, 0.15) is 5.75 Å². The van der Waals surface area contributed by atoms with Crippen molar-refractivity contribution in [2.45, 2.75) is 31.7 Å². The Morgan fingerprint density at radius 3 is 2.47 bits per heavy atom. The summed E-state index contributed by atoms with van der Waals surface area (Å²) in [5.74, 6) is -0.300. The number of fused-ring (bicyclic) bond motifs is 1. The summed E-state index contributed by atoms with van der Waals surface area (Å²) in [5, 5.41) is 15.6. The average molecular weight is 442 g/mol. The molecule has 1 aliphatic rings. The number of carbonyl (C=O) groups excluding carboxylic acids is 1. The standard InChI is InChI=1S/C24H21F3N2O3/c25-24(26,27)32-20-11-8-15(9-12-20)17-4-1-5-18(13-17)28-23(31)29-22-6-2-3-16-7-10-19(30)14-21(16)22/h1-6,8-9,11-13,19,30H,7,10,14H2,(H2,28,29,31). The van der Waals surface area contributed by atoms with Gasteiger partial charge in [-0.25, -0.2) is 4.79 Å². The molecule has 0 spiro atoms. The Morgan fingerprint density at radius 2 is 1.72 bits per heavy atom. The molecule has 0 radical (unpaired) electrons. The number of aryl methyl sites for hydroxylation is 1. The van der Waals surface area contributed by atoms with E-state index in [0.29, 0.717) is 29.8 Å². The number of hydrogen-bond acceptors (Lipinski definition) is 3. The lowest BCUT2D eigenvalue weighted by Crippen LogP contribution is -2.24. The first-order valence-corrected chi connectivity index (χ1v) is 10.1. The Labute approximate surface area is 182 Å². The van der Waals surface area contributed by atoms with Gasteiger partial charge in [-0.2, -0.15) is 0 Å². The quantitative estimate of drug-likeness (QED) is 0.482. The lowest BCUT2D eigenvalue weighted by molar-refractivity contribution is -0.274. The van der Waals surface area contributed by atoms with Crippen LogP contribution in [-0.4, -0.2) is 23.6 Å². The predicted molar refractivity (Wildman–Crippen MR) is 116 cm³/mol. The molecule has 32 heavy (non-hydrogen) atoms. The first kappa shape index (κ1) is 21.7. The van der Waals surface area contributed by atoms with E-state index in [1.165, 1.54) is 24.3 Å². The van der Waals surface area contributed by atoms with E-state index in [1.54, 1.807) is 30.3 Å². The molecule has 0 heterocycles. The van der Waals surface area contributed by atoms with E-state index in [1.807, 2.05) is 12.1 Å². The molecule has 0 aliphatic heterocycles. The highest BCUT2D eigenvalue weighted by Gasteiger charge is 2.31. The van der Waals surface area contributed by atoms with Crippen LogP contribution in [0.25, 0.3) is 11.1 Å². The van der Waals surface area contributed by atoms with Crippen molar-refractivity contribution in [3.63, 3.8) is 0 Å². The number of amides is 2. The highest BCUT2D eigenvalue weighted by atomic mass is 19.4. The molecule has 3 N–H and O–H groups in total. The maximum atomic E-state index is 12.6. The number of carbonyl (C=O) groups is 1. The van der Waals surface area contributed by atoms with Crippen LogP contribution in [0.3, 0.4) is 0 Å². The number of hydrogen-bond donors (Lipinski definition) is 3. The summed E-state index contributed by atoms with van der Waals surface area (Å²) in [6.07, 6.45) is -3.19. The number of urea groups is 1. The summed E-state index contributed by atoms with van der Waals surface area (Å²) in [7, 11) is 0. The van der Waals surface area contributed by atoms with Crippen molar-refractivity contribution in [1.82, 2.24) is 0 Å². The maximum Gasteiger partial charge on any atom is 0.573 e. The number of ether oxygens (including phenoxy) is 1. The Balaban J connectivity index is 1.45. The van der Waals surface area contributed by atoms with E-state index in [-0.39, 0.29) is 5.75 Å². The van der Waals surface area contributed by atoms with Gasteiger partial charge in [-0.3, -0.25) is 0 Å². The third kappa shape index (κ3) is 5.39. The second-order valence-electron chi connectivity index (χ2n) is 7.57. The number of nitrogens with one attached hydrogen (secondary N) is 2. The topological polar surface area (TPSA) is 70.6 Å². The van der Waals surface area contributed by atoms with E-state index >= 15 is 0 Å². The third-order valence-corrected chi connectivity index (χ3v) is 5.25. The average Bonchev–Trinajstić information content (AvgIpc) is 2.74.